The number of nitrogens with zero attached hydrogens (tertiary/aromatic N) is 3. The van der Waals surface area contributed by atoms with Crippen molar-refractivity contribution in [1.29, 1.82) is 0 Å². The number of hydrogen-bond acceptors (Lipinski definition) is 13. The van der Waals surface area contributed by atoms with Gasteiger partial charge in [0.15, 0.2) is 11.9 Å². The molecule has 0 radical (unpaired) electrons. The molecule has 0 saturated carbocycles. The van der Waals surface area contributed by atoms with E-state index in [0.717, 1.165) is 0 Å². The molecule has 0 bridgehead atoms. The van der Waals surface area contributed by atoms with Crippen molar-refractivity contribution in [3.63, 3.8) is 0 Å². The Balaban J connectivity index is 1.61. The van der Waals surface area contributed by atoms with E-state index in [4.69, 9.17) is 40.1 Å². The predicted molar refractivity (Wildman–Crippen MR) is 299 cm³/mol. The summed E-state index contributed by atoms with van der Waals surface area (Å²) in [6.07, 6.45) is 0.290. The molecule has 1 aliphatic heterocycles. The first-order valence-electron chi connectivity index (χ1n) is 26.4. The van der Waals surface area contributed by atoms with Crippen LogP contribution in [0.1, 0.15) is 81.9 Å². The lowest BCUT2D eigenvalue weighted by molar-refractivity contribution is -0.142. The Morgan fingerprint density at radius 2 is 1.01 bits per heavy atom. The van der Waals surface area contributed by atoms with E-state index in [9.17, 15) is 48.3 Å². The molecular formula is C54H78N16O10. The van der Waals surface area contributed by atoms with Gasteiger partial charge in [-0.25, -0.2) is 0 Å². The van der Waals surface area contributed by atoms with E-state index in [1.165, 1.54) is 17.0 Å². The molecule has 1 fully saturated rings. The molecule has 0 spiro atoms. The predicted octanol–water partition coefficient (Wildman–Crippen LogP) is -2.84. The lowest BCUT2D eigenvalue weighted by atomic mass is 9.99. The third-order valence-corrected chi connectivity index (χ3v) is 12.9. The molecule has 0 unspecified atom stereocenters. The van der Waals surface area contributed by atoms with Gasteiger partial charge in [0.1, 0.15) is 48.0 Å². The minimum atomic E-state index is -1.49. The fraction of sp³-hybridized carbons (Fsp3) is 0.463. The first-order chi connectivity index (χ1) is 38.0. The number of nitrogens with one attached hydrogen (secondary N) is 6. The molecule has 80 heavy (non-hydrogen) atoms. The molecule has 26 heteroatoms. The third-order valence-electron chi connectivity index (χ3n) is 12.9. The molecular weight excluding hydrogens is 1030 g/mol. The van der Waals surface area contributed by atoms with Gasteiger partial charge < -0.3 is 82.0 Å². The van der Waals surface area contributed by atoms with Crippen molar-refractivity contribution in [2.24, 2.45) is 56.0 Å². The van der Waals surface area contributed by atoms with Gasteiger partial charge >= 0.3 is 0 Å². The van der Waals surface area contributed by atoms with E-state index in [1.807, 2.05) is 13.8 Å². The molecule has 9 amide bonds. The summed E-state index contributed by atoms with van der Waals surface area (Å²) in [5.41, 5.74) is 41.1. The molecule has 0 aromatic heterocycles. The number of guanidine groups is 2. The molecule has 4 rings (SSSR count). The molecule has 1 saturated heterocycles. The molecule has 3 aromatic carbocycles. The summed E-state index contributed by atoms with van der Waals surface area (Å²) < 4.78 is 0. The van der Waals surface area contributed by atoms with E-state index in [-0.39, 0.29) is 101 Å². The number of phenolic OH excluding ortho intramolecular Hbond substituents is 1. The van der Waals surface area contributed by atoms with Crippen molar-refractivity contribution in [3.8, 4) is 5.75 Å². The molecule has 434 valence electrons. The minimum Gasteiger partial charge on any atom is -0.508 e. The maximum atomic E-state index is 14.8. The average Bonchev–Trinajstić information content (AvgIpc) is 3.91. The van der Waals surface area contributed by atoms with Crippen LogP contribution in [0.15, 0.2) is 94.9 Å². The second-order valence-corrected chi connectivity index (χ2v) is 20.0. The summed E-state index contributed by atoms with van der Waals surface area (Å²) in [7, 11) is 0. The second kappa shape index (κ2) is 32.2. The van der Waals surface area contributed by atoms with Crippen LogP contribution in [-0.4, -0.2) is 143 Å². The number of carbonyl (C=O) groups excluding carboxylic acids is 9. The fourth-order valence-corrected chi connectivity index (χ4v) is 8.90. The van der Waals surface area contributed by atoms with Crippen LogP contribution in [0.25, 0.3) is 0 Å². The number of carbonyl (C=O) groups is 9. The Labute approximate surface area is 464 Å². The highest BCUT2D eigenvalue weighted by Gasteiger charge is 2.40. The van der Waals surface area contributed by atoms with Crippen molar-refractivity contribution in [2.45, 2.75) is 133 Å². The number of likely N-dealkylation sites (tertiary alicyclic amines) is 1. The Kier molecular flexibility index (Phi) is 25.6. The number of hydrogen-bond donors (Lipinski definition) is 14. The topological polar surface area (TPSA) is 456 Å². The Morgan fingerprint density at radius 1 is 0.562 bits per heavy atom. The number of phenols is 1. The molecule has 21 N–H and O–H groups in total. The number of rotatable bonds is 32. The van der Waals surface area contributed by atoms with Crippen LogP contribution in [0.2, 0.25) is 0 Å². The quantitative estimate of drug-likeness (QED) is 0.0170. The minimum absolute atomic E-state index is 0.0317. The molecule has 0 aliphatic carbocycles. The van der Waals surface area contributed by atoms with Gasteiger partial charge in [-0.05, 0) is 86.1 Å². The van der Waals surface area contributed by atoms with Gasteiger partial charge in [0.25, 0.3) is 0 Å². The van der Waals surface area contributed by atoms with Crippen LogP contribution in [-0.2, 0) is 62.4 Å². The highest BCUT2D eigenvalue weighted by atomic mass is 16.3. The molecule has 1 aliphatic rings. The Bertz CT molecular complexity index is 2630. The summed E-state index contributed by atoms with van der Waals surface area (Å²) in [6.45, 7) is 3.86. The van der Waals surface area contributed by atoms with E-state index in [0.29, 0.717) is 23.1 Å². The molecule has 8 atom stereocenters. The lowest BCUT2D eigenvalue weighted by Gasteiger charge is -2.31. The smallest absolute Gasteiger partial charge is 0.245 e. The van der Waals surface area contributed by atoms with Crippen LogP contribution in [0.4, 0.5) is 0 Å². The van der Waals surface area contributed by atoms with Crippen molar-refractivity contribution in [1.82, 2.24) is 36.8 Å². The summed E-state index contributed by atoms with van der Waals surface area (Å²) >= 11 is 0. The highest BCUT2D eigenvalue weighted by molar-refractivity contribution is 5.98. The zero-order valence-corrected chi connectivity index (χ0v) is 45.2. The number of primary amides is 2. The number of aromatic hydroxyl groups is 1. The summed E-state index contributed by atoms with van der Waals surface area (Å²) in [4.78, 5) is 133. The standard InChI is InChI=1S/C54H78N16O10/c1-31(2)26-40(68-50(78)41(28-32-12-5-3-6-13-32)67-46(74)36(55)27-34-19-21-35(71)22-20-34)48(76)69-42(29-33-14-7-4-8-15-33)49(77)65-38(17-10-24-63-54(60)61)52(80)70-25-11-18-43(70)51(79)64-37(16-9-23-62-53(58)59)47(75)66-39(45(57)73)30-44(56)72/h3-8,12-15,19-22,31,36-43,71H,9-11,16-18,23-30,55H2,1-2H3,(H2,56,72)(H2,57,73)(H,64,79)(H,65,77)(H,66,75)(H,67,74)(H,68,78)(H,69,76)(H4,58,59,62)(H4,60,61,63)/t36-,37-,38+,39-,40-,41-,42-,43+/m0/s1. The zero-order chi connectivity index (χ0) is 58.9. The number of benzene rings is 3. The third kappa shape index (κ3) is 21.9. The zero-order valence-electron chi connectivity index (χ0n) is 45.2. The second-order valence-electron chi connectivity index (χ2n) is 20.0. The van der Waals surface area contributed by atoms with Gasteiger partial charge in [-0.1, -0.05) is 86.6 Å². The maximum Gasteiger partial charge on any atom is 0.245 e. The largest absolute Gasteiger partial charge is 0.508 e. The van der Waals surface area contributed by atoms with Gasteiger partial charge in [0.2, 0.25) is 53.2 Å². The van der Waals surface area contributed by atoms with Gasteiger partial charge in [-0.2, -0.15) is 0 Å². The van der Waals surface area contributed by atoms with Crippen LogP contribution < -0.4 is 72.0 Å². The SMILES string of the molecule is CC(C)C[C@H](NC(=O)[C@H](Cc1ccccc1)NC(=O)[C@@H](N)Cc1ccc(O)cc1)C(=O)N[C@@H](Cc1ccccc1)C(=O)N[C@H](CCCN=C(N)N)C(=O)N1CCC[C@@H]1C(=O)N[C@@H](CCCN=C(N)N)C(=O)N[C@@H](CC(N)=O)C(N)=O. The normalized spacial score (nSPS) is 15.5. The number of amides is 9. The van der Waals surface area contributed by atoms with Crippen LogP contribution in [0, 0.1) is 5.92 Å². The fourth-order valence-electron chi connectivity index (χ4n) is 8.90. The van der Waals surface area contributed by atoms with Crippen molar-refractivity contribution in [3.05, 3.63) is 102 Å². The molecule has 26 nitrogen and oxygen atoms in total. The highest BCUT2D eigenvalue weighted by Crippen LogP contribution is 2.21. The monoisotopic (exact) mass is 1110 g/mol. The van der Waals surface area contributed by atoms with Crippen molar-refractivity contribution < 1.29 is 48.3 Å². The van der Waals surface area contributed by atoms with Crippen molar-refractivity contribution >= 4 is 65.1 Å². The number of nitrogens with two attached hydrogens (primary N) is 7. The Morgan fingerprint density at radius 3 is 1.51 bits per heavy atom. The molecule has 1 heterocycles. The summed E-state index contributed by atoms with van der Waals surface area (Å²) in [6, 6.07) is 13.7. The summed E-state index contributed by atoms with van der Waals surface area (Å²) in [5, 5.41) is 25.9. The van der Waals surface area contributed by atoms with Gasteiger partial charge in [-0.3, -0.25) is 53.1 Å². The van der Waals surface area contributed by atoms with Gasteiger partial charge in [-0.15, -0.1) is 0 Å². The van der Waals surface area contributed by atoms with Gasteiger partial charge in [0, 0.05) is 32.5 Å². The van der Waals surface area contributed by atoms with Crippen LogP contribution >= 0.6 is 0 Å². The molecule has 3 aromatic rings. The van der Waals surface area contributed by atoms with Crippen LogP contribution in [0.5, 0.6) is 5.75 Å². The van der Waals surface area contributed by atoms with Crippen LogP contribution in [0.3, 0.4) is 0 Å². The van der Waals surface area contributed by atoms with E-state index >= 15 is 0 Å². The first-order valence-corrected chi connectivity index (χ1v) is 26.4. The maximum absolute atomic E-state index is 14.8. The van der Waals surface area contributed by atoms with E-state index < -0.39 is 108 Å². The van der Waals surface area contributed by atoms with Crippen molar-refractivity contribution in [2.75, 3.05) is 19.6 Å². The number of aliphatic imine (C=N–C) groups is 2. The van der Waals surface area contributed by atoms with Gasteiger partial charge in [0.05, 0.1) is 12.5 Å². The lowest BCUT2D eigenvalue weighted by Crippen LogP contribution is -2.60. The summed E-state index contributed by atoms with van der Waals surface area (Å²) in [5.74, 6) is -7.68. The van der Waals surface area contributed by atoms with E-state index in [1.54, 1.807) is 72.8 Å². The Hall–Kier alpha value is -8.81. The van der Waals surface area contributed by atoms with E-state index in [2.05, 4.69) is 41.9 Å². The average molecular weight is 1110 g/mol. The first kappa shape index (κ1) is 63.7.